The summed E-state index contributed by atoms with van der Waals surface area (Å²) in [4.78, 5) is 2.64. The molecule has 2 nitrogen and oxygen atoms in total. The van der Waals surface area contributed by atoms with Crippen molar-refractivity contribution >= 4 is 0 Å². The average Bonchev–Trinajstić information content (AvgIpc) is 2.93. The van der Waals surface area contributed by atoms with Crippen LogP contribution in [0.5, 0.6) is 0 Å². The fraction of sp³-hybridized carbons (Fsp3) is 0.667. The quantitative estimate of drug-likeness (QED) is 0.611. The first kappa shape index (κ1) is 8.52. The van der Waals surface area contributed by atoms with E-state index in [1.54, 1.807) is 0 Å². The van der Waals surface area contributed by atoms with Gasteiger partial charge in [-0.05, 0) is 24.8 Å². The average molecular weight is 188 g/mol. The van der Waals surface area contributed by atoms with Crippen molar-refractivity contribution < 1.29 is 0 Å². The van der Waals surface area contributed by atoms with E-state index >= 15 is 0 Å². The fourth-order valence-corrected chi connectivity index (χ4v) is 3.08. The summed E-state index contributed by atoms with van der Waals surface area (Å²) in [6.45, 7) is 2.41. The maximum absolute atomic E-state index is 5.42. The smallest absolute Gasteiger partial charge is 0.0297 e. The zero-order valence-electron chi connectivity index (χ0n) is 8.37. The lowest BCUT2D eigenvalue weighted by Gasteiger charge is -2.31. The summed E-state index contributed by atoms with van der Waals surface area (Å²) in [6.07, 6.45) is 11.4. The summed E-state index contributed by atoms with van der Waals surface area (Å²) in [6, 6.07) is 2.17. The van der Waals surface area contributed by atoms with Gasteiger partial charge in [0.05, 0.1) is 0 Å². The zero-order chi connectivity index (χ0) is 9.54. The molecule has 1 unspecified atom stereocenters. The van der Waals surface area contributed by atoms with Gasteiger partial charge in [-0.2, -0.15) is 0 Å². The molecule has 0 aromatic rings. The molecule has 2 heteroatoms. The molecule has 1 aliphatic carbocycles. The molecule has 74 valence electrons. The highest BCUT2D eigenvalue weighted by Crippen LogP contribution is 2.31. The number of rotatable bonds is 1. The molecule has 14 heavy (non-hydrogen) atoms. The van der Waals surface area contributed by atoms with Gasteiger partial charge in [0.2, 0.25) is 0 Å². The van der Waals surface area contributed by atoms with Crippen LogP contribution in [0.3, 0.4) is 0 Å². The molecule has 0 amide bonds. The van der Waals surface area contributed by atoms with Crippen LogP contribution in [0.15, 0.2) is 11.6 Å². The van der Waals surface area contributed by atoms with Crippen molar-refractivity contribution in [2.45, 2.75) is 37.4 Å². The third-order valence-electron chi connectivity index (χ3n) is 3.81. The Balaban J connectivity index is 1.73. The molecule has 2 fully saturated rings. The summed E-state index contributed by atoms with van der Waals surface area (Å²) >= 11 is 0. The Kier molecular flexibility index (Phi) is 1.90. The van der Waals surface area contributed by atoms with Crippen molar-refractivity contribution in [2.75, 3.05) is 13.1 Å². The third-order valence-corrected chi connectivity index (χ3v) is 3.81. The second-order valence-corrected chi connectivity index (χ2v) is 4.63. The molecule has 0 radical (unpaired) electrons. The Morgan fingerprint density at radius 2 is 2.50 bits per heavy atom. The first-order chi connectivity index (χ1) is 6.86. The molecular weight excluding hydrogens is 172 g/mol. The van der Waals surface area contributed by atoms with Gasteiger partial charge in [-0.25, -0.2) is 0 Å². The van der Waals surface area contributed by atoms with Crippen LogP contribution in [-0.2, 0) is 0 Å². The predicted octanol–water partition coefficient (Wildman–Crippen LogP) is 0.754. The van der Waals surface area contributed by atoms with Crippen molar-refractivity contribution in [3.63, 3.8) is 0 Å². The molecule has 1 N–H and O–H groups in total. The molecular formula is C12H16N2. The molecule has 2 heterocycles. The number of allylic oxidation sites excluding steroid dienone is 1. The van der Waals surface area contributed by atoms with Gasteiger partial charge in [-0.15, -0.1) is 6.42 Å². The van der Waals surface area contributed by atoms with Gasteiger partial charge in [0.25, 0.3) is 0 Å². The van der Waals surface area contributed by atoms with Crippen LogP contribution in [0.1, 0.15) is 19.3 Å². The normalized spacial score (nSPS) is 41.4. The SMILES string of the molecule is C#CC1=CC(N2C[C@@H]3C[C@H]2CN3)CC1. The van der Waals surface area contributed by atoms with Crippen LogP contribution in [0.4, 0.5) is 0 Å². The first-order valence-corrected chi connectivity index (χ1v) is 5.53. The maximum Gasteiger partial charge on any atom is 0.0297 e. The van der Waals surface area contributed by atoms with E-state index < -0.39 is 0 Å². The van der Waals surface area contributed by atoms with Crippen LogP contribution >= 0.6 is 0 Å². The first-order valence-electron chi connectivity index (χ1n) is 5.53. The van der Waals surface area contributed by atoms with E-state index in [1.165, 1.54) is 31.5 Å². The second-order valence-electron chi connectivity index (χ2n) is 4.63. The Hall–Kier alpha value is -0.780. The highest BCUT2D eigenvalue weighted by Gasteiger charge is 2.40. The number of terminal acetylenes is 1. The molecule has 0 aromatic carbocycles. The van der Waals surface area contributed by atoms with E-state index in [1.807, 2.05) is 0 Å². The third kappa shape index (κ3) is 1.20. The van der Waals surface area contributed by atoms with Crippen molar-refractivity contribution in [3.8, 4) is 12.3 Å². The zero-order valence-corrected chi connectivity index (χ0v) is 8.37. The molecule has 2 saturated heterocycles. The van der Waals surface area contributed by atoms with Gasteiger partial charge >= 0.3 is 0 Å². The highest BCUT2D eigenvalue weighted by molar-refractivity contribution is 5.31. The number of hydrogen-bond acceptors (Lipinski definition) is 2. The summed E-state index contributed by atoms with van der Waals surface area (Å²) in [5.41, 5.74) is 1.21. The van der Waals surface area contributed by atoms with Crippen molar-refractivity contribution in [1.82, 2.24) is 10.2 Å². The number of nitrogens with zero attached hydrogens (tertiary/aromatic N) is 1. The van der Waals surface area contributed by atoms with Gasteiger partial charge in [0.15, 0.2) is 0 Å². The lowest BCUT2D eigenvalue weighted by atomic mass is 10.2. The van der Waals surface area contributed by atoms with Gasteiger partial charge < -0.3 is 5.32 Å². The number of likely N-dealkylation sites (tertiary alicyclic amines) is 1. The Bertz CT molecular complexity index is 313. The van der Waals surface area contributed by atoms with E-state index in [0.29, 0.717) is 6.04 Å². The number of fused-ring (bicyclic) bond motifs is 2. The second kappa shape index (κ2) is 3.12. The van der Waals surface area contributed by atoms with E-state index in [9.17, 15) is 0 Å². The van der Waals surface area contributed by atoms with Gasteiger partial charge in [-0.1, -0.05) is 12.0 Å². The molecule has 2 aliphatic heterocycles. The molecule has 3 atom stereocenters. The van der Waals surface area contributed by atoms with Crippen molar-refractivity contribution in [3.05, 3.63) is 11.6 Å². The maximum atomic E-state index is 5.42. The minimum absolute atomic E-state index is 0.637. The monoisotopic (exact) mass is 188 g/mol. The van der Waals surface area contributed by atoms with E-state index in [-0.39, 0.29) is 0 Å². The highest BCUT2D eigenvalue weighted by atomic mass is 15.3. The van der Waals surface area contributed by atoms with E-state index in [2.05, 4.69) is 22.2 Å². The summed E-state index contributed by atoms with van der Waals surface area (Å²) in [7, 11) is 0. The van der Waals surface area contributed by atoms with Crippen LogP contribution in [0.25, 0.3) is 0 Å². The fourth-order valence-electron chi connectivity index (χ4n) is 3.08. The topological polar surface area (TPSA) is 15.3 Å². The number of hydrogen-bond donors (Lipinski definition) is 1. The minimum atomic E-state index is 0.637. The standard InChI is InChI=1S/C12H16N2/c1-2-9-3-4-11(5-9)14-8-10-6-12(14)7-13-10/h1,5,10-13H,3-4,6-8H2/t10-,11?,12-/m0/s1. The lowest BCUT2D eigenvalue weighted by molar-refractivity contribution is 0.186. The molecule has 2 bridgehead atoms. The molecule has 0 aromatic heterocycles. The lowest BCUT2D eigenvalue weighted by Crippen LogP contribution is -2.47. The molecule has 3 aliphatic rings. The molecule has 3 rings (SSSR count). The number of piperazine rings is 1. The largest absolute Gasteiger partial charge is 0.311 e. The predicted molar refractivity (Wildman–Crippen MR) is 56.8 cm³/mol. The molecule has 0 saturated carbocycles. The summed E-state index contributed by atoms with van der Waals surface area (Å²) in [5, 5.41) is 3.53. The van der Waals surface area contributed by atoms with Crippen LogP contribution in [0.2, 0.25) is 0 Å². The van der Waals surface area contributed by atoms with Crippen molar-refractivity contribution in [1.29, 1.82) is 0 Å². The minimum Gasteiger partial charge on any atom is -0.311 e. The van der Waals surface area contributed by atoms with E-state index in [4.69, 9.17) is 6.42 Å². The van der Waals surface area contributed by atoms with E-state index in [0.717, 1.165) is 18.5 Å². The summed E-state index contributed by atoms with van der Waals surface area (Å²) < 4.78 is 0. The Morgan fingerprint density at radius 1 is 1.57 bits per heavy atom. The molecule has 0 spiro atoms. The van der Waals surface area contributed by atoms with Crippen molar-refractivity contribution in [2.24, 2.45) is 0 Å². The van der Waals surface area contributed by atoms with Crippen LogP contribution in [-0.4, -0.2) is 36.1 Å². The van der Waals surface area contributed by atoms with Gasteiger partial charge in [0, 0.05) is 31.2 Å². The Labute approximate surface area is 85.4 Å². The van der Waals surface area contributed by atoms with Crippen LogP contribution in [0, 0.1) is 12.3 Å². The van der Waals surface area contributed by atoms with Gasteiger partial charge in [-0.3, -0.25) is 4.90 Å². The van der Waals surface area contributed by atoms with Gasteiger partial charge in [0.1, 0.15) is 0 Å². The number of nitrogens with one attached hydrogen (secondary N) is 1. The summed E-state index contributed by atoms with van der Waals surface area (Å²) in [5.74, 6) is 2.78. The van der Waals surface area contributed by atoms with Crippen LogP contribution < -0.4 is 5.32 Å². The Morgan fingerprint density at radius 3 is 3.07 bits per heavy atom.